The molecule has 9 nitrogen and oxygen atoms in total. The van der Waals surface area contributed by atoms with Crippen molar-refractivity contribution in [3.05, 3.63) is 23.8 Å². The summed E-state index contributed by atoms with van der Waals surface area (Å²) >= 11 is 0. The van der Waals surface area contributed by atoms with Crippen LogP contribution in [0.4, 0.5) is 0 Å². The molecule has 1 aromatic rings. The van der Waals surface area contributed by atoms with Crippen LogP contribution < -0.4 is 15.2 Å². The van der Waals surface area contributed by atoms with Crippen LogP contribution in [0.15, 0.2) is 18.2 Å². The number of carboxylic acid groups (broad SMARTS) is 1. The van der Waals surface area contributed by atoms with E-state index in [-0.39, 0.29) is 17.9 Å². The summed E-state index contributed by atoms with van der Waals surface area (Å²) in [5.41, 5.74) is 4.18. The van der Waals surface area contributed by atoms with E-state index in [2.05, 4.69) is 0 Å². The van der Waals surface area contributed by atoms with E-state index in [0.29, 0.717) is 18.4 Å². The largest absolute Gasteiger partial charge is 0.480 e. The van der Waals surface area contributed by atoms with Gasteiger partial charge in [-0.2, -0.15) is 0 Å². The van der Waals surface area contributed by atoms with Gasteiger partial charge in [0.1, 0.15) is 6.04 Å². The normalized spacial score (nSPS) is 14.7. The first-order chi connectivity index (χ1) is 17.3. The van der Waals surface area contributed by atoms with E-state index < -0.39 is 58.2 Å². The molecule has 0 aliphatic carbocycles. The van der Waals surface area contributed by atoms with Crippen LogP contribution in [0.1, 0.15) is 100.0 Å². The molecule has 2 unspecified atom stereocenters. The highest BCUT2D eigenvalue weighted by Gasteiger charge is 2.34. The maximum atomic E-state index is 12.9. The summed E-state index contributed by atoms with van der Waals surface area (Å²) in [5, 5.41) is 9.69. The minimum atomic E-state index is -1.34. The van der Waals surface area contributed by atoms with Crippen LogP contribution in [0.5, 0.6) is 11.5 Å². The summed E-state index contributed by atoms with van der Waals surface area (Å²) in [4.78, 5) is 50.0. The average Bonchev–Trinajstić information content (AvgIpc) is 2.82. The number of hydrogen-bond acceptors (Lipinski definition) is 8. The molecule has 0 saturated heterocycles. The van der Waals surface area contributed by atoms with E-state index >= 15 is 0 Å². The van der Waals surface area contributed by atoms with Gasteiger partial charge in [-0.25, -0.2) is 0 Å². The van der Waals surface area contributed by atoms with E-state index in [0.717, 1.165) is 0 Å². The van der Waals surface area contributed by atoms with Crippen LogP contribution in [0.2, 0.25) is 0 Å². The van der Waals surface area contributed by atoms with Crippen molar-refractivity contribution < 1.29 is 38.5 Å². The van der Waals surface area contributed by atoms with Gasteiger partial charge in [0, 0.05) is 5.92 Å². The zero-order valence-electron chi connectivity index (χ0n) is 24.5. The maximum absolute atomic E-state index is 12.9. The van der Waals surface area contributed by atoms with Gasteiger partial charge in [0.05, 0.1) is 22.3 Å². The molecule has 0 fully saturated rings. The SMILES string of the molecule is CCC(C)(C)C(=O)Oc1ccc(C(CC(C)OC(=O)C(C)(C)C)[C@H](N)C(=O)O)cc1OC(=O)C(C)(C)CC. The number of benzene rings is 1. The highest BCUT2D eigenvalue weighted by molar-refractivity contribution is 5.82. The van der Waals surface area contributed by atoms with Crippen molar-refractivity contribution >= 4 is 23.9 Å². The molecule has 0 bridgehead atoms. The third kappa shape index (κ3) is 8.82. The predicted molar refractivity (Wildman–Crippen MR) is 144 cm³/mol. The Morgan fingerprint density at radius 1 is 0.842 bits per heavy atom. The molecule has 3 atom stereocenters. The van der Waals surface area contributed by atoms with Crippen LogP contribution in [-0.4, -0.2) is 41.1 Å². The Balaban J connectivity index is 3.53. The Hall–Kier alpha value is -2.94. The topological polar surface area (TPSA) is 142 Å². The number of carbonyl (C=O) groups is 4. The minimum Gasteiger partial charge on any atom is -0.480 e. The van der Waals surface area contributed by atoms with Gasteiger partial charge in [-0.15, -0.1) is 0 Å². The molecule has 0 aliphatic heterocycles. The molecule has 38 heavy (non-hydrogen) atoms. The lowest BCUT2D eigenvalue weighted by Gasteiger charge is -2.28. The smallest absolute Gasteiger partial charge is 0.321 e. The van der Waals surface area contributed by atoms with Gasteiger partial charge in [0.15, 0.2) is 11.5 Å². The van der Waals surface area contributed by atoms with E-state index in [9.17, 15) is 24.3 Å². The predicted octanol–water partition coefficient (Wildman–Crippen LogP) is 5.23. The van der Waals surface area contributed by atoms with Crippen LogP contribution in [0.3, 0.4) is 0 Å². The first-order valence-electron chi connectivity index (χ1n) is 13.0. The summed E-state index contributed by atoms with van der Waals surface area (Å²) in [6.45, 7) is 17.5. The number of esters is 3. The first-order valence-corrected chi connectivity index (χ1v) is 13.0. The van der Waals surface area contributed by atoms with Crippen molar-refractivity contribution in [3.63, 3.8) is 0 Å². The summed E-state index contributed by atoms with van der Waals surface area (Å²) in [6.07, 6.45) is 0.491. The Bertz CT molecular complexity index is 1020. The molecule has 3 N–H and O–H groups in total. The van der Waals surface area contributed by atoms with E-state index in [1.807, 2.05) is 13.8 Å². The van der Waals surface area contributed by atoms with Crippen LogP contribution in [0.25, 0.3) is 0 Å². The monoisotopic (exact) mass is 535 g/mol. The standard InChI is InChI=1S/C29H45NO8/c1-11-28(7,8)25(34)37-20-14-13-18(16-21(20)38-26(35)29(9,10)12-2)19(22(30)23(31)32)15-17(3)36-24(33)27(4,5)6/h13-14,16-17,19,22H,11-12,15,30H2,1-10H3,(H,31,32)/t17?,19?,22-/m0/s1. The zero-order valence-corrected chi connectivity index (χ0v) is 24.5. The molecule has 0 aromatic heterocycles. The Labute approximate surface area is 226 Å². The molecule has 1 aromatic carbocycles. The number of aliphatic carboxylic acids is 1. The fraction of sp³-hybridized carbons (Fsp3) is 0.655. The molecule has 0 heterocycles. The molecule has 9 heteroatoms. The van der Waals surface area contributed by atoms with Gasteiger partial charge in [0.25, 0.3) is 0 Å². The quantitative estimate of drug-likeness (QED) is 0.271. The number of carbonyl (C=O) groups excluding carboxylic acids is 3. The van der Waals surface area contributed by atoms with E-state index in [1.165, 1.54) is 12.1 Å². The van der Waals surface area contributed by atoms with Gasteiger partial charge < -0.3 is 25.1 Å². The van der Waals surface area contributed by atoms with Crippen LogP contribution in [0, 0.1) is 16.2 Å². The molecule has 0 radical (unpaired) electrons. The number of carboxylic acids is 1. The van der Waals surface area contributed by atoms with Crippen molar-refractivity contribution in [2.45, 2.75) is 107 Å². The van der Waals surface area contributed by atoms with Gasteiger partial charge >= 0.3 is 23.9 Å². The molecular weight excluding hydrogens is 490 g/mol. The van der Waals surface area contributed by atoms with Gasteiger partial charge in [0.2, 0.25) is 0 Å². The van der Waals surface area contributed by atoms with E-state index in [1.54, 1.807) is 61.5 Å². The second-order valence-electron chi connectivity index (χ2n) is 12.1. The molecule has 0 saturated carbocycles. The Morgan fingerprint density at radius 3 is 1.74 bits per heavy atom. The third-order valence-corrected chi connectivity index (χ3v) is 6.90. The average molecular weight is 536 g/mol. The summed E-state index contributed by atoms with van der Waals surface area (Å²) in [6, 6.07) is 3.18. The highest BCUT2D eigenvalue weighted by Crippen LogP contribution is 2.37. The lowest BCUT2D eigenvalue weighted by Crippen LogP contribution is -2.39. The summed E-state index contributed by atoms with van der Waals surface area (Å²) in [7, 11) is 0. The molecule has 0 aliphatic rings. The zero-order chi connectivity index (χ0) is 29.6. The van der Waals surface area contributed by atoms with Crippen molar-refractivity contribution in [1.82, 2.24) is 0 Å². The summed E-state index contributed by atoms with van der Waals surface area (Å²) < 4.78 is 16.9. The maximum Gasteiger partial charge on any atom is 0.321 e. The van der Waals surface area contributed by atoms with Gasteiger partial charge in [-0.3, -0.25) is 19.2 Å². The first kappa shape index (κ1) is 33.1. The second kappa shape index (κ2) is 12.7. The lowest BCUT2D eigenvalue weighted by atomic mass is 9.86. The number of hydrogen-bond donors (Lipinski definition) is 2. The lowest BCUT2D eigenvalue weighted by molar-refractivity contribution is -0.158. The Morgan fingerprint density at radius 2 is 1.32 bits per heavy atom. The molecule has 0 amide bonds. The van der Waals surface area contributed by atoms with Crippen molar-refractivity contribution in [2.75, 3.05) is 0 Å². The van der Waals surface area contributed by atoms with Crippen molar-refractivity contribution in [2.24, 2.45) is 22.0 Å². The van der Waals surface area contributed by atoms with Crippen LogP contribution >= 0.6 is 0 Å². The van der Waals surface area contributed by atoms with Crippen molar-refractivity contribution in [1.29, 1.82) is 0 Å². The fourth-order valence-corrected chi connectivity index (χ4v) is 3.11. The summed E-state index contributed by atoms with van der Waals surface area (Å²) in [5.74, 6) is -3.48. The van der Waals surface area contributed by atoms with Crippen LogP contribution in [-0.2, 0) is 23.9 Å². The minimum absolute atomic E-state index is 0.0174. The highest BCUT2D eigenvalue weighted by atomic mass is 16.6. The molecule has 214 valence electrons. The van der Waals surface area contributed by atoms with Gasteiger partial charge in [-0.05, 0) is 92.3 Å². The molecular formula is C29H45NO8. The van der Waals surface area contributed by atoms with E-state index in [4.69, 9.17) is 19.9 Å². The fourth-order valence-electron chi connectivity index (χ4n) is 3.11. The van der Waals surface area contributed by atoms with Gasteiger partial charge in [-0.1, -0.05) is 19.9 Å². The second-order valence-corrected chi connectivity index (χ2v) is 12.1. The Kier molecular flexibility index (Phi) is 11.1. The third-order valence-electron chi connectivity index (χ3n) is 6.90. The number of ether oxygens (including phenoxy) is 3. The van der Waals surface area contributed by atoms with Crippen molar-refractivity contribution in [3.8, 4) is 11.5 Å². The number of rotatable bonds is 12. The number of nitrogens with two attached hydrogens (primary N) is 1. The molecule has 1 rings (SSSR count). The molecule has 0 spiro atoms.